The summed E-state index contributed by atoms with van der Waals surface area (Å²) in [6, 6.07) is 26.8. The molecule has 0 atom stereocenters. The van der Waals surface area contributed by atoms with Crippen LogP contribution in [-0.2, 0) is 18.8 Å². The Labute approximate surface area is 171 Å². The van der Waals surface area contributed by atoms with E-state index < -0.39 is 12.8 Å². The van der Waals surface area contributed by atoms with Gasteiger partial charge in [-0.05, 0) is 36.6 Å². The SMILES string of the molecule is CCOP(=O)(OCC)C(c1ccccc1)(c1ccccc1)c1ccccc1Cl. The lowest BCUT2D eigenvalue weighted by molar-refractivity contribution is 0.206. The zero-order valence-electron chi connectivity index (χ0n) is 16.0. The third-order valence-electron chi connectivity index (χ3n) is 4.66. The third kappa shape index (κ3) is 3.56. The topological polar surface area (TPSA) is 35.5 Å². The minimum Gasteiger partial charge on any atom is -0.308 e. The molecule has 5 heteroatoms. The second kappa shape index (κ2) is 9.07. The van der Waals surface area contributed by atoms with E-state index in [-0.39, 0.29) is 13.2 Å². The Bertz CT molecular complexity index is 895. The van der Waals surface area contributed by atoms with Crippen molar-refractivity contribution in [3.05, 3.63) is 107 Å². The normalized spacial score (nSPS) is 12.1. The number of hydrogen-bond acceptors (Lipinski definition) is 3. The fourth-order valence-electron chi connectivity index (χ4n) is 3.63. The summed E-state index contributed by atoms with van der Waals surface area (Å²) >= 11 is 6.68. The highest BCUT2D eigenvalue weighted by Gasteiger charge is 2.55. The van der Waals surface area contributed by atoms with E-state index in [1.165, 1.54) is 0 Å². The van der Waals surface area contributed by atoms with Gasteiger partial charge in [0, 0.05) is 5.02 Å². The van der Waals surface area contributed by atoms with Crippen LogP contribution < -0.4 is 0 Å². The minimum absolute atomic E-state index is 0.253. The molecule has 0 aliphatic carbocycles. The molecule has 0 N–H and O–H groups in total. The molecule has 0 saturated heterocycles. The summed E-state index contributed by atoms with van der Waals surface area (Å²) in [6.45, 7) is 4.14. The molecular formula is C23H24ClO3P. The summed E-state index contributed by atoms with van der Waals surface area (Å²) in [7, 11) is -3.74. The summed E-state index contributed by atoms with van der Waals surface area (Å²) < 4.78 is 26.3. The van der Waals surface area contributed by atoms with Gasteiger partial charge < -0.3 is 9.05 Å². The predicted molar refractivity (Wildman–Crippen MR) is 115 cm³/mol. The minimum atomic E-state index is -3.74. The lowest BCUT2D eigenvalue weighted by atomic mass is 9.84. The van der Waals surface area contributed by atoms with Gasteiger partial charge in [-0.1, -0.05) is 90.5 Å². The van der Waals surface area contributed by atoms with E-state index in [9.17, 15) is 4.57 Å². The lowest BCUT2D eigenvalue weighted by Crippen LogP contribution is -2.32. The molecule has 0 aromatic heterocycles. The first-order chi connectivity index (χ1) is 13.6. The van der Waals surface area contributed by atoms with E-state index >= 15 is 0 Å². The van der Waals surface area contributed by atoms with Crippen LogP contribution in [0.2, 0.25) is 5.02 Å². The monoisotopic (exact) mass is 414 g/mol. The fourth-order valence-corrected chi connectivity index (χ4v) is 6.53. The molecule has 0 spiro atoms. The highest BCUT2D eigenvalue weighted by atomic mass is 35.5. The Morgan fingerprint density at radius 1 is 0.750 bits per heavy atom. The van der Waals surface area contributed by atoms with Crippen molar-refractivity contribution in [3.63, 3.8) is 0 Å². The van der Waals surface area contributed by atoms with Gasteiger partial charge in [0.15, 0.2) is 0 Å². The number of benzene rings is 3. The molecule has 0 aliphatic rings. The van der Waals surface area contributed by atoms with E-state index in [1.807, 2.05) is 92.7 Å². The average molecular weight is 415 g/mol. The van der Waals surface area contributed by atoms with Crippen LogP contribution in [0.25, 0.3) is 0 Å². The van der Waals surface area contributed by atoms with E-state index in [4.69, 9.17) is 20.6 Å². The van der Waals surface area contributed by atoms with Crippen molar-refractivity contribution in [1.82, 2.24) is 0 Å². The summed E-state index contributed by atoms with van der Waals surface area (Å²) in [5.74, 6) is 0. The molecule has 0 bridgehead atoms. The molecule has 3 nitrogen and oxygen atoms in total. The van der Waals surface area contributed by atoms with Crippen molar-refractivity contribution >= 4 is 19.2 Å². The highest BCUT2D eigenvalue weighted by molar-refractivity contribution is 7.55. The zero-order valence-corrected chi connectivity index (χ0v) is 17.7. The second-order valence-electron chi connectivity index (χ2n) is 6.26. The van der Waals surface area contributed by atoms with Crippen LogP contribution in [-0.4, -0.2) is 13.2 Å². The van der Waals surface area contributed by atoms with Crippen molar-refractivity contribution in [2.24, 2.45) is 0 Å². The maximum absolute atomic E-state index is 14.5. The standard InChI is InChI=1S/C23H24ClO3P/c1-3-26-28(25,27-4-2)23(19-13-7-5-8-14-19,20-15-9-6-10-16-20)21-17-11-12-18-22(21)24/h5-18H,3-4H2,1-2H3. The number of halogens is 1. The molecule has 0 unspecified atom stereocenters. The van der Waals surface area contributed by atoms with E-state index in [2.05, 4.69) is 0 Å². The van der Waals surface area contributed by atoms with Gasteiger partial charge >= 0.3 is 7.60 Å². The van der Waals surface area contributed by atoms with Crippen molar-refractivity contribution in [2.75, 3.05) is 13.2 Å². The average Bonchev–Trinajstić information content (AvgIpc) is 2.72. The first-order valence-corrected chi connectivity index (χ1v) is 11.3. The Hall–Kier alpha value is -1.90. The van der Waals surface area contributed by atoms with Gasteiger partial charge in [-0.3, -0.25) is 4.57 Å². The Kier molecular flexibility index (Phi) is 6.74. The van der Waals surface area contributed by atoms with Crippen LogP contribution in [0, 0.1) is 0 Å². The largest absolute Gasteiger partial charge is 0.349 e. The zero-order chi connectivity index (χ0) is 20.0. The fraction of sp³-hybridized carbons (Fsp3) is 0.217. The molecule has 0 radical (unpaired) electrons. The van der Waals surface area contributed by atoms with Gasteiger partial charge in [0.25, 0.3) is 0 Å². The molecule has 3 aromatic rings. The number of hydrogen-bond donors (Lipinski definition) is 0. The first kappa shape index (κ1) is 20.8. The highest BCUT2D eigenvalue weighted by Crippen LogP contribution is 2.71. The molecular weight excluding hydrogens is 391 g/mol. The van der Waals surface area contributed by atoms with Gasteiger partial charge in [0.2, 0.25) is 0 Å². The first-order valence-electron chi connectivity index (χ1n) is 9.35. The van der Waals surface area contributed by atoms with Crippen LogP contribution in [0.4, 0.5) is 0 Å². The molecule has 3 aromatic carbocycles. The van der Waals surface area contributed by atoms with Crippen molar-refractivity contribution in [3.8, 4) is 0 Å². The maximum Gasteiger partial charge on any atom is 0.349 e. The third-order valence-corrected chi connectivity index (χ3v) is 7.76. The van der Waals surface area contributed by atoms with Gasteiger partial charge in [-0.2, -0.15) is 0 Å². The van der Waals surface area contributed by atoms with Crippen LogP contribution in [0.15, 0.2) is 84.9 Å². The second-order valence-corrected chi connectivity index (χ2v) is 8.84. The summed E-state index contributed by atoms with van der Waals surface area (Å²) in [5.41, 5.74) is 2.30. The number of rotatable bonds is 8. The van der Waals surface area contributed by atoms with E-state index in [0.717, 1.165) is 11.1 Å². The molecule has 3 rings (SSSR count). The summed E-state index contributed by atoms with van der Waals surface area (Å²) in [4.78, 5) is 0. The van der Waals surface area contributed by atoms with Gasteiger partial charge in [0.1, 0.15) is 5.16 Å². The quantitative estimate of drug-likeness (QED) is 0.297. The molecule has 0 aliphatic heterocycles. The molecule has 28 heavy (non-hydrogen) atoms. The summed E-state index contributed by atoms with van der Waals surface area (Å²) in [5, 5.41) is -0.685. The van der Waals surface area contributed by atoms with E-state index in [1.54, 1.807) is 6.07 Å². The maximum atomic E-state index is 14.5. The van der Waals surface area contributed by atoms with Crippen molar-refractivity contribution < 1.29 is 13.6 Å². The van der Waals surface area contributed by atoms with Crippen LogP contribution >= 0.6 is 19.2 Å². The smallest absolute Gasteiger partial charge is 0.308 e. The van der Waals surface area contributed by atoms with Gasteiger partial charge in [-0.15, -0.1) is 0 Å². The van der Waals surface area contributed by atoms with Gasteiger partial charge in [-0.25, -0.2) is 0 Å². The van der Waals surface area contributed by atoms with Crippen molar-refractivity contribution in [2.45, 2.75) is 19.0 Å². The molecule has 0 heterocycles. The van der Waals surface area contributed by atoms with Crippen LogP contribution in [0.5, 0.6) is 0 Å². The molecule has 0 fully saturated rings. The van der Waals surface area contributed by atoms with Crippen molar-refractivity contribution in [1.29, 1.82) is 0 Å². The Morgan fingerprint density at radius 2 is 1.18 bits per heavy atom. The van der Waals surface area contributed by atoms with E-state index in [0.29, 0.717) is 10.6 Å². The van der Waals surface area contributed by atoms with Gasteiger partial charge in [0.05, 0.1) is 13.2 Å². The van der Waals surface area contributed by atoms with Crippen LogP contribution in [0.3, 0.4) is 0 Å². The molecule has 0 saturated carbocycles. The van der Waals surface area contributed by atoms with Crippen LogP contribution in [0.1, 0.15) is 30.5 Å². The molecule has 146 valence electrons. The predicted octanol–water partition coefficient (Wildman–Crippen LogP) is 6.90. The summed E-state index contributed by atoms with van der Waals surface area (Å²) in [6.07, 6.45) is 0. The molecule has 0 amide bonds. The Balaban J connectivity index is 2.50. The lowest BCUT2D eigenvalue weighted by Gasteiger charge is -2.40. The Morgan fingerprint density at radius 3 is 1.61 bits per heavy atom.